The van der Waals surface area contributed by atoms with Crippen molar-refractivity contribution in [1.82, 2.24) is 4.98 Å². The van der Waals surface area contributed by atoms with Crippen LogP contribution < -0.4 is 5.73 Å². The summed E-state index contributed by atoms with van der Waals surface area (Å²) in [7, 11) is 0. The molecule has 0 saturated heterocycles. The van der Waals surface area contributed by atoms with Gasteiger partial charge in [-0.05, 0) is 25.5 Å². The molecule has 3 N–H and O–H groups in total. The summed E-state index contributed by atoms with van der Waals surface area (Å²) in [5.74, 6) is -0.552. The minimum absolute atomic E-state index is 0.255. The third kappa shape index (κ3) is 2.53. The summed E-state index contributed by atoms with van der Waals surface area (Å²) in [6, 6.07) is 3.57. The van der Waals surface area contributed by atoms with Gasteiger partial charge in [0.05, 0.1) is 6.10 Å². The first-order chi connectivity index (χ1) is 6.50. The fourth-order valence-electron chi connectivity index (χ4n) is 1.28. The number of nitrogens with two attached hydrogens (primary N) is 1. The SMILES string of the molecule is Cc1ccc(C[C@@H](C)O)c(C(N)=O)n1. The van der Waals surface area contributed by atoms with Crippen LogP contribution in [-0.2, 0) is 6.42 Å². The van der Waals surface area contributed by atoms with Gasteiger partial charge < -0.3 is 10.8 Å². The van der Waals surface area contributed by atoms with Gasteiger partial charge in [-0.2, -0.15) is 0 Å². The Balaban J connectivity index is 3.08. The number of amides is 1. The molecule has 1 rings (SSSR count). The molecule has 0 aliphatic carbocycles. The Labute approximate surface area is 82.8 Å². The molecule has 0 spiro atoms. The lowest BCUT2D eigenvalue weighted by Gasteiger charge is -2.08. The summed E-state index contributed by atoms with van der Waals surface area (Å²) in [4.78, 5) is 15.1. The first kappa shape index (κ1) is 10.7. The first-order valence-electron chi connectivity index (χ1n) is 4.45. The van der Waals surface area contributed by atoms with Crippen molar-refractivity contribution < 1.29 is 9.90 Å². The maximum Gasteiger partial charge on any atom is 0.267 e. The van der Waals surface area contributed by atoms with E-state index in [-0.39, 0.29) is 5.69 Å². The lowest BCUT2D eigenvalue weighted by Crippen LogP contribution is -2.18. The Kier molecular flexibility index (Phi) is 3.19. The quantitative estimate of drug-likeness (QED) is 0.731. The van der Waals surface area contributed by atoms with Crippen LogP contribution in [0.3, 0.4) is 0 Å². The molecule has 0 fully saturated rings. The van der Waals surface area contributed by atoms with Crippen LogP contribution in [-0.4, -0.2) is 22.1 Å². The summed E-state index contributed by atoms with van der Waals surface area (Å²) >= 11 is 0. The number of primary amides is 1. The number of aryl methyl sites for hydroxylation is 1. The van der Waals surface area contributed by atoms with Crippen molar-refractivity contribution in [3.63, 3.8) is 0 Å². The predicted molar refractivity (Wildman–Crippen MR) is 52.9 cm³/mol. The molecule has 0 saturated carbocycles. The Bertz CT molecular complexity index is 348. The van der Waals surface area contributed by atoms with Gasteiger partial charge in [0.2, 0.25) is 0 Å². The van der Waals surface area contributed by atoms with Gasteiger partial charge in [-0.3, -0.25) is 4.79 Å². The van der Waals surface area contributed by atoms with Gasteiger partial charge in [0.25, 0.3) is 5.91 Å². The fraction of sp³-hybridized carbons (Fsp3) is 0.400. The molecule has 0 radical (unpaired) electrons. The highest BCUT2D eigenvalue weighted by Crippen LogP contribution is 2.09. The first-order valence-corrected chi connectivity index (χ1v) is 4.45. The summed E-state index contributed by atoms with van der Waals surface area (Å²) in [5, 5.41) is 9.20. The summed E-state index contributed by atoms with van der Waals surface area (Å²) in [6.45, 7) is 3.45. The van der Waals surface area contributed by atoms with Crippen LogP contribution in [0.5, 0.6) is 0 Å². The average Bonchev–Trinajstić information content (AvgIpc) is 2.07. The van der Waals surface area contributed by atoms with E-state index >= 15 is 0 Å². The highest BCUT2D eigenvalue weighted by atomic mass is 16.3. The van der Waals surface area contributed by atoms with Gasteiger partial charge in [-0.1, -0.05) is 6.07 Å². The molecule has 14 heavy (non-hydrogen) atoms. The molecule has 1 amide bonds. The van der Waals surface area contributed by atoms with Crippen molar-refractivity contribution in [3.05, 3.63) is 29.1 Å². The zero-order valence-electron chi connectivity index (χ0n) is 8.32. The number of aliphatic hydroxyl groups excluding tert-OH is 1. The zero-order valence-corrected chi connectivity index (χ0v) is 8.32. The average molecular weight is 194 g/mol. The second kappa shape index (κ2) is 4.19. The van der Waals surface area contributed by atoms with Crippen LogP contribution in [0.4, 0.5) is 0 Å². The normalized spacial score (nSPS) is 12.5. The number of aliphatic hydroxyl groups is 1. The number of aromatic nitrogens is 1. The van der Waals surface area contributed by atoms with Crippen molar-refractivity contribution in [1.29, 1.82) is 0 Å². The van der Waals surface area contributed by atoms with Crippen LogP contribution in [0.2, 0.25) is 0 Å². The standard InChI is InChI=1S/C10H14N2O2/c1-6-3-4-8(5-7(2)13)9(12-6)10(11)14/h3-4,7,13H,5H2,1-2H3,(H2,11,14)/t7-/m1/s1. The van der Waals surface area contributed by atoms with Crippen LogP contribution >= 0.6 is 0 Å². The number of rotatable bonds is 3. The van der Waals surface area contributed by atoms with Crippen molar-refractivity contribution in [2.45, 2.75) is 26.4 Å². The van der Waals surface area contributed by atoms with Crippen LogP contribution in [0.1, 0.15) is 28.7 Å². The lowest BCUT2D eigenvalue weighted by atomic mass is 10.1. The fourth-order valence-corrected chi connectivity index (χ4v) is 1.28. The van der Waals surface area contributed by atoms with E-state index in [2.05, 4.69) is 4.98 Å². The Morgan fingerprint density at radius 1 is 1.64 bits per heavy atom. The molecular formula is C10H14N2O2. The van der Waals surface area contributed by atoms with E-state index in [4.69, 9.17) is 5.73 Å². The van der Waals surface area contributed by atoms with Crippen molar-refractivity contribution >= 4 is 5.91 Å². The maximum absolute atomic E-state index is 11.0. The molecule has 0 aromatic carbocycles. The summed E-state index contributed by atoms with van der Waals surface area (Å²) < 4.78 is 0. The number of hydrogen-bond donors (Lipinski definition) is 2. The monoisotopic (exact) mass is 194 g/mol. The number of hydrogen-bond acceptors (Lipinski definition) is 3. The number of pyridine rings is 1. The highest BCUT2D eigenvalue weighted by molar-refractivity contribution is 5.92. The minimum atomic E-state index is -0.552. The van der Waals surface area contributed by atoms with E-state index in [0.29, 0.717) is 12.0 Å². The van der Waals surface area contributed by atoms with Gasteiger partial charge in [-0.25, -0.2) is 4.98 Å². The molecule has 1 atom stereocenters. The lowest BCUT2D eigenvalue weighted by molar-refractivity contribution is 0.0993. The van der Waals surface area contributed by atoms with Crippen LogP contribution in [0, 0.1) is 6.92 Å². The predicted octanol–water partition coefficient (Wildman–Crippen LogP) is 0.412. The van der Waals surface area contributed by atoms with E-state index < -0.39 is 12.0 Å². The smallest absolute Gasteiger partial charge is 0.267 e. The number of carbonyl (C=O) groups excluding carboxylic acids is 1. The molecule has 0 bridgehead atoms. The van der Waals surface area contributed by atoms with Gasteiger partial charge in [0.15, 0.2) is 0 Å². The molecule has 4 nitrogen and oxygen atoms in total. The highest BCUT2D eigenvalue weighted by Gasteiger charge is 2.11. The van der Waals surface area contributed by atoms with Crippen molar-refractivity contribution in [2.24, 2.45) is 5.73 Å². The van der Waals surface area contributed by atoms with E-state index in [1.807, 2.05) is 0 Å². The molecule has 1 aromatic rings. The third-order valence-corrected chi connectivity index (χ3v) is 1.87. The molecule has 1 aromatic heterocycles. The topological polar surface area (TPSA) is 76.2 Å². The summed E-state index contributed by atoms with van der Waals surface area (Å²) in [6.07, 6.45) is -0.108. The second-order valence-electron chi connectivity index (χ2n) is 3.38. The van der Waals surface area contributed by atoms with Gasteiger partial charge >= 0.3 is 0 Å². The van der Waals surface area contributed by atoms with Crippen molar-refractivity contribution in [2.75, 3.05) is 0 Å². The van der Waals surface area contributed by atoms with Crippen molar-refractivity contribution in [3.8, 4) is 0 Å². The third-order valence-electron chi connectivity index (χ3n) is 1.87. The molecule has 0 aliphatic heterocycles. The second-order valence-corrected chi connectivity index (χ2v) is 3.38. The number of nitrogens with zero attached hydrogens (tertiary/aromatic N) is 1. The Hall–Kier alpha value is -1.42. The molecular weight excluding hydrogens is 180 g/mol. The molecule has 4 heteroatoms. The van der Waals surface area contributed by atoms with E-state index in [9.17, 15) is 9.90 Å². The maximum atomic E-state index is 11.0. The summed E-state index contributed by atoms with van der Waals surface area (Å²) in [5.41, 5.74) is 6.87. The molecule has 76 valence electrons. The largest absolute Gasteiger partial charge is 0.393 e. The Morgan fingerprint density at radius 2 is 2.29 bits per heavy atom. The van der Waals surface area contributed by atoms with E-state index in [0.717, 1.165) is 5.69 Å². The zero-order chi connectivity index (χ0) is 10.7. The van der Waals surface area contributed by atoms with Gasteiger partial charge in [-0.15, -0.1) is 0 Å². The van der Waals surface area contributed by atoms with Gasteiger partial charge in [0, 0.05) is 12.1 Å². The molecule has 1 heterocycles. The molecule has 0 aliphatic rings. The van der Waals surface area contributed by atoms with Crippen LogP contribution in [0.25, 0.3) is 0 Å². The van der Waals surface area contributed by atoms with E-state index in [1.54, 1.807) is 26.0 Å². The number of carbonyl (C=O) groups is 1. The van der Waals surface area contributed by atoms with Crippen LogP contribution in [0.15, 0.2) is 12.1 Å². The van der Waals surface area contributed by atoms with Gasteiger partial charge in [0.1, 0.15) is 5.69 Å². The van der Waals surface area contributed by atoms with E-state index in [1.165, 1.54) is 0 Å². The molecule has 0 unspecified atom stereocenters. The minimum Gasteiger partial charge on any atom is -0.393 e. The Morgan fingerprint density at radius 3 is 2.79 bits per heavy atom.